The van der Waals surface area contributed by atoms with Crippen LogP contribution in [-0.4, -0.2) is 103 Å². The molecule has 4 N–H and O–H groups in total. The van der Waals surface area contributed by atoms with Crippen molar-refractivity contribution < 1.29 is 37.1 Å². The van der Waals surface area contributed by atoms with Gasteiger partial charge in [0.25, 0.3) is 5.91 Å². The number of fused-ring (bicyclic) bond motifs is 1. The number of carbonyl (C=O) groups is 5. The zero-order chi connectivity index (χ0) is 38.8. The van der Waals surface area contributed by atoms with E-state index in [-0.39, 0.29) is 36.1 Å². The molecule has 4 aliphatic rings. The number of urea groups is 1. The molecule has 0 spiro atoms. The molecule has 302 valence electrons. The molecule has 2 aliphatic carbocycles. The normalized spacial score (nSPS) is 26.7. The molecule has 2 heterocycles. The summed E-state index contributed by atoms with van der Waals surface area (Å²) >= 11 is 0. The Bertz CT molecular complexity index is 1390. The molecule has 0 bridgehead atoms. The van der Waals surface area contributed by atoms with Gasteiger partial charge in [-0.25, -0.2) is 13.2 Å². The Kier molecular flexibility index (Phi) is 15.6. The highest BCUT2D eigenvalue weighted by Gasteiger charge is 2.46. The van der Waals surface area contributed by atoms with Crippen LogP contribution in [0.5, 0.6) is 0 Å². The maximum atomic E-state index is 14.5. The first-order chi connectivity index (χ1) is 25.1. The Morgan fingerprint density at radius 3 is 2.11 bits per heavy atom. The number of ketones is 1. The number of hydrogen-bond donors (Lipinski definition) is 4. The van der Waals surface area contributed by atoms with E-state index in [2.05, 4.69) is 21.3 Å². The number of Topliss-reactive ketones (excluding diaryl/α,β-unsaturated/α-hetero) is 1. The van der Waals surface area contributed by atoms with E-state index in [1.165, 1.54) is 0 Å². The highest BCUT2D eigenvalue weighted by molar-refractivity contribution is 7.92. The number of sulfone groups is 1. The minimum atomic E-state index is -3.71. The smallest absolute Gasteiger partial charge is 0.315 e. The maximum Gasteiger partial charge on any atom is 0.315 e. The number of hydrogen-bond acceptors (Lipinski definition) is 8. The first kappa shape index (κ1) is 43.0. The van der Waals surface area contributed by atoms with E-state index in [1.807, 2.05) is 20.8 Å². The standard InChI is InChI=1S/C39H67N5O8S/c1-6-52-25-38(4,5)53(50,51)26-39(21-15-12-16-22-39)43-37(49)42-31-18-14-11-9-7-8-10-13-17-30(33(45)35(47)40-29-19-20-29)41-34(46)32-23-28(27(2)3)24-44(32)36(31)48/h27-32H,6-26H2,1-5H3,(H,40,47)(H,41,46)(H2,42,43,49)/t28?,30-,31-,32-/m0/s1. The quantitative estimate of drug-likeness (QED) is 0.212. The molecule has 0 aromatic rings. The molecule has 2 saturated heterocycles. The van der Waals surface area contributed by atoms with Gasteiger partial charge >= 0.3 is 6.03 Å². The lowest BCUT2D eigenvalue weighted by Gasteiger charge is -2.40. The third-order valence-electron chi connectivity index (χ3n) is 11.9. The number of nitrogens with one attached hydrogen (secondary N) is 4. The van der Waals surface area contributed by atoms with Crippen molar-refractivity contribution >= 4 is 39.4 Å². The fourth-order valence-electron chi connectivity index (χ4n) is 8.03. The van der Waals surface area contributed by atoms with Crippen LogP contribution in [0.25, 0.3) is 0 Å². The molecule has 4 fully saturated rings. The van der Waals surface area contributed by atoms with Crippen LogP contribution in [-0.2, 0) is 33.8 Å². The number of rotatable bonds is 12. The Balaban J connectivity index is 1.56. The van der Waals surface area contributed by atoms with Gasteiger partial charge in [0, 0.05) is 19.2 Å². The highest BCUT2D eigenvalue weighted by atomic mass is 32.2. The van der Waals surface area contributed by atoms with Crippen LogP contribution in [0.2, 0.25) is 0 Å². The monoisotopic (exact) mass is 765 g/mol. The zero-order valence-corrected chi connectivity index (χ0v) is 33.8. The second-order valence-corrected chi connectivity index (χ2v) is 19.7. The lowest BCUT2D eigenvalue weighted by atomic mass is 9.83. The van der Waals surface area contributed by atoms with E-state index in [0.717, 1.165) is 64.2 Å². The SMILES string of the molecule is CCOCC(C)(C)S(=O)(=O)CC1(NC(=O)N[C@H]2CCCCCCCCC[C@@H](C(=O)C(=O)NC3CC3)NC(=O)[C@@H]3CC(C(C)C)CN3C2=O)CCCCC1. The van der Waals surface area contributed by atoms with Gasteiger partial charge in [-0.05, 0) is 77.6 Å². The molecule has 0 radical (unpaired) electrons. The van der Waals surface area contributed by atoms with Crippen molar-refractivity contribution in [1.29, 1.82) is 0 Å². The van der Waals surface area contributed by atoms with Gasteiger partial charge in [-0.2, -0.15) is 0 Å². The van der Waals surface area contributed by atoms with Crippen molar-refractivity contribution in [3.05, 3.63) is 0 Å². The van der Waals surface area contributed by atoms with Crippen LogP contribution >= 0.6 is 0 Å². The Hall–Kier alpha value is -2.74. The largest absolute Gasteiger partial charge is 0.380 e. The van der Waals surface area contributed by atoms with E-state index >= 15 is 0 Å². The molecule has 1 unspecified atom stereocenters. The minimum Gasteiger partial charge on any atom is -0.380 e. The summed E-state index contributed by atoms with van der Waals surface area (Å²) in [6.45, 7) is 10.00. The second kappa shape index (κ2) is 19.2. The van der Waals surface area contributed by atoms with E-state index < -0.39 is 61.9 Å². The first-order valence-corrected chi connectivity index (χ1v) is 22.1. The Morgan fingerprint density at radius 2 is 1.51 bits per heavy atom. The fourth-order valence-corrected chi connectivity index (χ4v) is 9.77. The summed E-state index contributed by atoms with van der Waals surface area (Å²) in [5.41, 5.74) is -0.988. The van der Waals surface area contributed by atoms with Gasteiger partial charge in [-0.15, -0.1) is 0 Å². The van der Waals surface area contributed by atoms with Crippen LogP contribution in [0, 0.1) is 11.8 Å². The van der Waals surface area contributed by atoms with Crippen LogP contribution in [0.4, 0.5) is 4.79 Å². The van der Waals surface area contributed by atoms with Gasteiger partial charge in [0.15, 0.2) is 9.84 Å². The molecule has 0 aromatic heterocycles. The number of ether oxygens (including phenoxy) is 1. The highest BCUT2D eigenvalue weighted by Crippen LogP contribution is 2.34. The van der Waals surface area contributed by atoms with Gasteiger partial charge in [0.1, 0.15) is 12.1 Å². The molecule has 14 heteroatoms. The van der Waals surface area contributed by atoms with Crippen molar-refractivity contribution in [3.8, 4) is 0 Å². The fraction of sp³-hybridized carbons (Fsp3) is 0.872. The molecule has 5 amide bonds. The van der Waals surface area contributed by atoms with Crippen molar-refractivity contribution in [2.75, 3.05) is 25.5 Å². The van der Waals surface area contributed by atoms with E-state index in [9.17, 15) is 32.4 Å². The van der Waals surface area contributed by atoms with Gasteiger partial charge < -0.3 is 30.9 Å². The lowest BCUT2D eigenvalue weighted by molar-refractivity contribution is -0.143. The first-order valence-electron chi connectivity index (χ1n) is 20.4. The zero-order valence-electron chi connectivity index (χ0n) is 32.9. The number of carbonyl (C=O) groups excluding carboxylic acids is 5. The van der Waals surface area contributed by atoms with Crippen LogP contribution in [0.1, 0.15) is 144 Å². The summed E-state index contributed by atoms with van der Waals surface area (Å²) in [4.78, 5) is 70.1. The maximum absolute atomic E-state index is 14.5. The molecule has 0 aromatic carbocycles. The Labute approximate surface area is 317 Å². The van der Waals surface area contributed by atoms with Gasteiger partial charge in [0.05, 0.1) is 28.7 Å². The van der Waals surface area contributed by atoms with E-state index in [1.54, 1.807) is 18.7 Å². The van der Waals surface area contributed by atoms with Crippen LogP contribution in [0.15, 0.2) is 0 Å². The minimum absolute atomic E-state index is 0.00866. The molecular weight excluding hydrogens is 699 g/mol. The molecule has 13 nitrogen and oxygen atoms in total. The van der Waals surface area contributed by atoms with Gasteiger partial charge in [-0.1, -0.05) is 78.1 Å². The van der Waals surface area contributed by atoms with Crippen molar-refractivity contribution in [2.24, 2.45) is 11.8 Å². The molecular formula is C39H67N5O8S. The molecule has 4 rings (SSSR count). The number of nitrogens with zero attached hydrogens (tertiary/aromatic N) is 1. The van der Waals surface area contributed by atoms with Crippen molar-refractivity contribution in [3.63, 3.8) is 0 Å². The summed E-state index contributed by atoms with van der Waals surface area (Å²) in [6, 6.07) is -3.36. The summed E-state index contributed by atoms with van der Waals surface area (Å²) in [5, 5.41) is 11.6. The van der Waals surface area contributed by atoms with Gasteiger partial charge in [-0.3, -0.25) is 19.2 Å². The van der Waals surface area contributed by atoms with Crippen molar-refractivity contribution in [2.45, 2.75) is 178 Å². The third-order valence-corrected chi connectivity index (χ3v) is 14.6. The predicted molar refractivity (Wildman–Crippen MR) is 204 cm³/mol. The van der Waals surface area contributed by atoms with Gasteiger partial charge in [0.2, 0.25) is 17.6 Å². The molecule has 2 saturated carbocycles. The van der Waals surface area contributed by atoms with Crippen LogP contribution < -0.4 is 21.3 Å². The second-order valence-electron chi connectivity index (χ2n) is 17.1. The average Bonchev–Trinajstić information content (AvgIpc) is 3.80. The van der Waals surface area contributed by atoms with Crippen molar-refractivity contribution in [1.82, 2.24) is 26.2 Å². The van der Waals surface area contributed by atoms with E-state index in [4.69, 9.17) is 4.74 Å². The number of amides is 5. The topological polar surface area (TPSA) is 180 Å². The Morgan fingerprint density at radius 1 is 0.906 bits per heavy atom. The molecule has 53 heavy (non-hydrogen) atoms. The summed E-state index contributed by atoms with van der Waals surface area (Å²) in [6.07, 6.45) is 12.3. The van der Waals surface area contributed by atoms with E-state index in [0.29, 0.717) is 58.1 Å². The van der Waals surface area contributed by atoms with Crippen LogP contribution in [0.3, 0.4) is 0 Å². The average molecular weight is 766 g/mol. The molecule has 4 atom stereocenters. The third kappa shape index (κ3) is 12.1. The summed E-state index contributed by atoms with van der Waals surface area (Å²) in [5.74, 6) is -2.19. The summed E-state index contributed by atoms with van der Waals surface area (Å²) in [7, 11) is -3.71. The molecule has 2 aliphatic heterocycles. The predicted octanol–water partition coefficient (Wildman–Crippen LogP) is 4.32. The lowest BCUT2D eigenvalue weighted by Crippen LogP contribution is -2.61. The summed E-state index contributed by atoms with van der Waals surface area (Å²) < 4.78 is 31.9.